The Labute approximate surface area is 136 Å². The standard InChI is InChI=1S/C15H16IN3S/c1-8-10-4-6-20-14-11-7-9(16)3-5-15(11,2)17-13(14)12(10)19-18-8/h3,7,17H,4-6H2,1-2H3,(H,18,19). The van der Waals surface area contributed by atoms with Gasteiger partial charge in [-0.05, 0) is 60.9 Å². The van der Waals surface area contributed by atoms with Gasteiger partial charge in [-0.25, -0.2) is 0 Å². The van der Waals surface area contributed by atoms with Crippen LogP contribution in [0.1, 0.15) is 30.3 Å². The number of thioether (sulfide) groups is 1. The molecule has 2 N–H and O–H groups in total. The van der Waals surface area contributed by atoms with E-state index in [-0.39, 0.29) is 5.54 Å². The molecule has 0 radical (unpaired) electrons. The lowest BCUT2D eigenvalue weighted by molar-refractivity contribution is 0.508. The normalized spacial score (nSPS) is 27.9. The number of nitrogens with one attached hydrogen (secondary N) is 2. The number of aromatic nitrogens is 2. The summed E-state index contributed by atoms with van der Waals surface area (Å²) in [6.07, 6.45) is 6.78. The van der Waals surface area contributed by atoms with E-state index in [1.807, 2.05) is 11.8 Å². The van der Waals surface area contributed by atoms with Crippen LogP contribution in [-0.2, 0) is 6.42 Å². The maximum Gasteiger partial charge on any atom is 0.113 e. The van der Waals surface area contributed by atoms with Gasteiger partial charge in [0.25, 0.3) is 0 Å². The molecule has 3 nitrogen and oxygen atoms in total. The summed E-state index contributed by atoms with van der Waals surface area (Å²) in [5.74, 6) is 1.13. The largest absolute Gasteiger partial charge is 0.373 e. The first-order valence-electron chi connectivity index (χ1n) is 6.86. The second-order valence-corrected chi connectivity index (χ2v) is 8.14. The summed E-state index contributed by atoms with van der Waals surface area (Å²) >= 11 is 4.40. The van der Waals surface area contributed by atoms with Crippen LogP contribution in [0.4, 0.5) is 0 Å². The van der Waals surface area contributed by atoms with E-state index in [2.05, 4.69) is 64.1 Å². The Hall–Kier alpha value is -0.690. The van der Waals surface area contributed by atoms with Crippen LogP contribution in [0.5, 0.6) is 0 Å². The molecule has 3 aliphatic rings. The van der Waals surface area contributed by atoms with Crippen LogP contribution < -0.4 is 5.32 Å². The van der Waals surface area contributed by atoms with E-state index >= 15 is 0 Å². The molecular weight excluding hydrogens is 381 g/mol. The Morgan fingerprint density at radius 1 is 1.45 bits per heavy atom. The Balaban J connectivity index is 1.91. The third-order valence-corrected chi connectivity index (χ3v) is 6.24. The highest BCUT2D eigenvalue weighted by Gasteiger charge is 2.42. The second kappa shape index (κ2) is 4.40. The Bertz CT molecular complexity index is 698. The molecule has 1 aromatic rings. The molecule has 0 amide bonds. The average molecular weight is 397 g/mol. The van der Waals surface area contributed by atoms with Crippen LogP contribution in [-0.4, -0.2) is 21.5 Å². The Morgan fingerprint density at radius 3 is 3.15 bits per heavy atom. The van der Waals surface area contributed by atoms with E-state index < -0.39 is 0 Å². The quantitative estimate of drug-likeness (QED) is 0.657. The number of hydrogen-bond acceptors (Lipinski definition) is 3. The average Bonchev–Trinajstić information content (AvgIpc) is 2.84. The highest BCUT2D eigenvalue weighted by atomic mass is 127. The molecule has 0 bridgehead atoms. The first-order chi connectivity index (χ1) is 9.58. The van der Waals surface area contributed by atoms with E-state index in [1.54, 1.807) is 0 Å². The van der Waals surface area contributed by atoms with Crippen molar-refractivity contribution in [3.63, 3.8) is 0 Å². The van der Waals surface area contributed by atoms with Crippen LogP contribution in [0, 0.1) is 6.92 Å². The predicted molar refractivity (Wildman–Crippen MR) is 92.8 cm³/mol. The molecule has 0 saturated heterocycles. The Morgan fingerprint density at radius 2 is 2.30 bits per heavy atom. The summed E-state index contributed by atoms with van der Waals surface area (Å²) in [6.45, 7) is 4.42. The molecule has 20 heavy (non-hydrogen) atoms. The predicted octanol–water partition coefficient (Wildman–Crippen LogP) is 3.69. The first kappa shape index (κ1) is 13.0. The summed E-state index contributed by atoms with van der Waals surface area (Å²) in [5, 5.41) is 11.5. The van der Waals surface area contributed by atoms with Crippen molar-refractivity contribution >= 4 is 40.0 Å². The number of fused-ring (bicyclic) bond motifs is 4. The zero-order chi connectivity index (χ0) is 13.9. The van der Waals surface area contributed by atoms with Gasteiger partial charge in [0.1, 0.15) is 5.69 Å². The number of aromatic amines is 1. The van der Waals surface area contributed by atoms with Gasteiger partial charge >= 0.3 is 0 Å². The van der Waals surface area contributed by atoms with E-state index in [9.17, 15) is 0 Å². The van der Waals surface area contributed by atoms with Crippen molar-refractivity contribution in [2.75, 3.05) is 5.75 Å². The fraction of sp³-hybridized carbons (Fsp3) is 0.400. The van der Waals surface area contributed by atoms with Crippen molar-refractivity contribution in [2.24, 2.45) is 0 Å². The number of halogens is 1. The lowest BCUT2D eigenvalue weighted by Crippen LogP contribution is -2.39. The molecule has 0 saturated carbocycles. The topological polar surface area (TPSA) is 40.7 Å². The first-order valence-corrected chi connectivity index (χ1v) is 8.92. The smallest absolute Gasteiger partial charge is 0.113 e. The number of rotatable bonds is 0. The lowest BCUT2D eigenvalue weighted by atomic mass is 9.87. The third kappa shape index (κ3) is 1.75. The van der Waals surface area contributed by atoms with Crippen LogP contribution in [0.15, 0.2) is 26.2 Å². The van der Waals surface area contributed by atoms with Crippen molar-refractivity contribution < 1.29 is 0 Å². The van der Waals surface area contributed by atoms with E-state index in [1.165, 1.54) is 31.0 Å². The highest BCUT2D eigenvalue weighted by molar-refractivity contribution is 14.1. The molecule has 1 atom stereocenters. The molecule has 1 unspecified atom stereocenters. The van der Waals surface area contributed by atoms with Gasteiger partial charge in [-0.3, -0.25) is 5.10 Å². The molecule has 5 heteroatoms. The van der Waals surface area contributed by atoms with Gasteiger partial charge in [0.15, 0.2) is 0 Å². The molecule has 2 aliphatic heterocycles. The van der Waals surface area contributed by atoms with Gasteiger partial charge in [0.2, 0.25) is 0 Å². The minimum Gasteiger partial charge on any atom is -0.373 e. The number of allylic oxidation sites excluding steroid dienone is 2. The van der Waals surface area contributed by atoms with E-state index in [0.717, 1.165) is 24.3 Å². The van der Waals surface area contributed by atoms with Crippen LogP contribution in [0.25, 0.3) is 5.70 Å². The maximum absolute atomic E-state index is 4.56. The van der Waals surface area contributed by atoms with Gasteiger partial charge in [-0.15, -0.1) is 11.8 Å². The number of nitrogens with zero attached hydrogens (tertiary/aromatic N) is 1. The van der Waals surface area contributed by atoms with Gasteiger partial charge in [-0.2, -0.15) is 5.10 Å². The minimum absolute atomic E-state index is 0.0355. The fourth-order valence-corrected chi connectivity index (χ4v) is 4.98. The van der Waals surface area contributed by atoms with Crippen molar-refractivity contribution in [3.05, 3.63) is 43.2 Å². The summed E-state index contributed by atoms with van der Waals surface area (Å²) in [5.41, 5.74) is 6.43. The summed E-state index contributed by atoms with van der Waals surface area (Å²) in [7, 11) is 0. The summed E-state index contributed by atoms with van der Waals surface area (Å²) in [4.78, 5) is 1.40. The zero-order valence-electron chi connectivity index (χ0n) is 11.5. The van der Waals surface area contributed by atoms with Crippen LogP contribution in [0.3, 0.4) is 0 Å². The summed E-state index contributed by atoms with van der Waals surface area (Å²) in [6, 6.07) is 0. The van der Waals surface area contributed by atoms with Crippen LogP contribution >= 0.6 is 34.4 Å². The molecule has 0 fully saturated rings. The SMILES string of the molecule is Cc1[nH]nc2c1CCSC1=C2NC2(C)CC=C(I)C=C12. The van der Waals surface area contributed by atoms with Crippen molar-refractivity contribution in [1.29, 1.82) is 0 Å². The molecule has 3 heterocycles. The number of aryl methyl sites for hydroxylation is 1. The monoisotopic (exact) mass is 397 g/mol. The zero-order valence-corrected chi connectivity index (χ0v) is 14.5. The van der Waals surface area contributed by atoms with Gasteiger partial charge in [0.05, 0.1) is 11.2 Å². The molecule has 0 aromatic carbocycles. The second-order valence-electron chi connectivity index (χ2n) is 5.79. The number of H-pyrrole nitrogens is 1. The van der Waals surface area contributed by atoms with Gasteiger partial charge in [0, 0.05) is 25.5 Å². The molecule has 4 rings (SSSR count). The van der Waals surface area contributed by atoms with E-state index in [4.69, 9.17) is 0 Å². The highest BCUT2D eigenvalue weighted by Crippen LogP contribution is 2.49. The minimum atomic E-state index is 0.0355. The Kier molecular flexibility index (Phi) is 2.86. The summed E-state index contributed by atoms with van der Waals surface area (Å²) < 4.78 is 1.34. The van der Waals surface area contributed by atoms with E-state index in [0.29, 0.717) is 0 Å². The molecule has 1 aromatic heterocycles. The maximum atomic E-state index is 4.56. The molecular formula is C15H16IN3S. The number of hydrogen-bond donors (Lipinski definition) is 2. The molecule has 1 aliphatic carbocycles. The third-order valence-electron chi connectivity index (χ3n) is 4.36. The lowest BCUT2D eigenvalue weighted by Gasteiger charge is -2.30. The fourth-order valence-electron chi connectivity index (χ4n) is 3.21. The molecule has 104 valence electrons. The van der Waals surface area contributed by atoms with Crippen molar-refractivity contribution in [3.8, 4) is 0 Å². The van der Waals surface area contributed by atoms with Gasteiger partial charge in [-0.1, -0.05) is 6.08 Å². The van der Waals surface area contributed by atoms with Gasteiger partial charge < -0.3 is 5.32 Å². The molecule has 0 spiro atoms. The van der Waals surface area contributed by atoms with Crippen molar-refractivity contribution in [2.45, 2.75) is 32.2 Å². The van der Waals surface area contributed by atoms with Crippen molar-refractivity contribution in [1.82, 2.24) is 15.5 Å². The van der Waals surface area contributed by atoms with Crippen LogP contribution in [0.2, 0.25) is 0 Å².